The van der Waals surface area contributed by atoms with Crippen molar-refractivity contribution in [3.63, 3.8) is 0 Å². The molecule has 9 heteroatoms. The van der Waals surface area contributed by atoms with Gasteiger partial charge in [0.2, 0.25) is 0 Å². The van der Waals surface area contributed by atoms with E-state index in [4.69, 9.17) is 10.3 Å². The highest BCUT2D eigenvalue weighted by Crippen LogP contribution is 2.27. The third kappa shape index (κ3) is 2.68. The van der Waals surface area contributed by atoms with E-state index in [2.05, 4.69) is 4.74 Å². The molecule has 1 fully saturated rings. The van der Waals surface area contributed by atoms with Gasteiger partial charge in [-0.2, -0.15) is 8.42 Å². The van der Waals surface area contributed by atoms with Gasteiger partial charge in [0.05, 0.1) is 12.6 Å². The molecule has 1 saturated heterocycles. The topological polar surface area (TPSA) is 127 Å². The van der Waals surface area contributed by atoms with Crippen molar-refractivity contribution in [2.75, 3.05) is 6.61 Å². The fourth-order valence-electron chi connectivity index (χ4n) is 1.66. The Morgan fingerprint density at radius 3 is 2.61 bits per heavy atom. The standard InChI is InChI=1S/C9H14N2O6S/c1-3-17-6(12)4-5(2)8-7(10)9(13)11(8)18(14,15)16/h4,7-8H,3,10H2,1-2H3,(H,14,15,16)/t7-,8+/m1/s1. The zero-order valence-electron chi connectivity index (χ0n) is 9.86. The van der Waals surface area contributed by atoms with Crippen molar-refractivity contribution in [1.82, 2.24) is 4.31 Å². The van der Waals surface area contributed by atoms with Crippen molar-refractivity contribution in [3.05, 3.63) is 11.6 Å². The molecule has 0 aromatic heterocycles. The number of hydrogen-bond acceptors (Lipinski definition) is 6. The first kappa shape index (κ1) is 14.6. The molecule has 2 atom stereocenters. The quantitative estimate of drug-likeness (QED) is 0.287. The number of hydrogen-bond donors (Lipinski definition) is 2. The van der Waals surface area contributed by atoms with Crippen molar-refractivity contribution in [2.24, 2.45) is 5.73 Å². The number of nitrogens with two attached hydrogens (primary N) is 1. The van der Waals surface area contributed by atoms with Gasteiger partial charge in [0.1, 0.15) is 6.04 Å². The van der Waals surface area contributed by atoms with Crippen LogP contribution < -0.4 is 5.73 Å². The summed E-state index contributed by atoms with van der Waals surface area (Å²) in [7, 11) is -4.68. The maximum Gasteiger partial charge on any atom is 0.362 e. The lowest BCUT2D eigenvalue weighted by Gasteiger charge is -2.42. The zero-order chi connectivity index (χ0) is 14.1. The number of nitrogens with zero attached hydrogens (tertiary/aromatic N) is 1. The highest BCUT2D eigenvalue weighted by molar-refractivity contribution is 7.84. The van der Waals surface area contributed by atoms with E-state index in [1.807, 2.05) is 0 Å². The first-order chi connectivity index (χ1) is 8.20. The van der Waals surface area contributed by atoms with Gasteiger partial charge in [0, 0.05) is 6.08 Å². The molecule has 0 bridgehead atoms. The maximum absolute atomic E-state index is 11.3. The van der Waals surface area contributed by atoms with E-state index in [0.29, 0.717) is 0 Å². The van der Waals surface area contributed by atoms with Gasteiger partial charge in [0.25, 0.3) is 5.91 Å². The summed E-state index contributed by atoms with van der Waals surface area (Å²) < 4.78 is 35.7. The van der Waals surface area contributed by atoms with Crippen LogP contribution in [0.4, 0.5) is 0 Å². The Hall–Kier alpha value is -1.45. The lowest BCUT2D eigenvalue weighted by Crippen LogP contribution is -2.70. The molecule has 0 unspecified atom stereocenters. The molecular weight excluding hydrogens is 264 g/mol. The molecule has 8 nitrogen and oxygen atoms in total. The van der Waals surface area contributed by atoms with Crippen LogP contribution in [-0.4, -0.2) is 47.8 Å². The average molecular weight is 278 g/mol. The van der Waals surface area contributed by atoms with Gasteiger partial charge in [-0.05, 0) is 19.4 Å². The Morgan fingerprint density at radius 2 is 2.17 bits per heavy atom. The molecule has 3 N–H and O–H groups in total. The van der Waals surface area contributed by atoms with E-state index in [-0.39, 0.29) is 16.5 Å². The fourth-order valence-corrected chi connectivity index (χ4v) is 2.60. The molecule has 1 rings (SSSR count). The van der Waals surface area contributed by atoms with Crippen LogP contribution in [0.3, 0.4) is 0 Å². The van der Waals surface area contributed by atoms with Gasteiger partial charge >= 0.3 is 16.3 Å². The van der Waals surface area contributed by atoms with Crippen molar-refractivity contribution in [3.8, 4) is 0 Å². The molecule has 0 aromatic rings. The minimum atomic E-state index is -4.68. The van der Waals surface area contributed by atoms with Gasteiger partial charge in [-0.15, -0.1) is 0 Å². The predicted molar refractivity (Wildman–Crippen MR) is 60.5 cm³/mol. The van der Waals surface area contributed by atoms with Crippen LogP contribution in [0.5, 0.6) is 0 Å². The molecule has 1 aliphatic heterocycles. The molecule has 1 heterocycles. The van der Waals surface area contributed by atoms with E-state index in [0.717, 1.165) is 6.08 Å². The van der Waals surface area contributed by atoms with Crippen LogP contribution in [-0.2, 0) is 24.6 Å². The Labute approximate surface area is 104 Å². The highest BCUT2D eigenvalue weighted by atomic mass is 32.2. The lowest BCUT2D eigenvalue weighted by atomic mass is 9.93. The van der Waals surface area contributed by atoms with Crippen molar-refractivity contribution < 1.29 is 27.3 Å². The number of carbonyl (C=O) groups is 2. The van der Waals surface area contributed by atoms with Crippen LogP contribution in [0.1, 0.15) is 13.8 Å². The summed E-state index contributed by atoms with van der Waals surface area (Å²) in [5.41, 5.74) is 5.66. The molecule has 1 aliphatic rings. The third-order valence-corrected chi connectivity index (χ3v) is 3.35. The molecule has 0 aliphatic carbocycles. The predicted octanol–water partition coefficient (Wildman–Crippen LogP) is -1.16. The molecule has 102 valence electrons. The first-order valence-corrected chi connectivity index (χ1v) is 6.51. The molecule has 18 heavy (non-hydrogen) atoms. The maximum atomic E-state index is 11.3. The number of ether oxygens (including phenoxy) is 1. The molecule has 0 aromatic carbocycles. The largest absolute Gasteiger partial charge is 0.463 e. The van der Waals surface area contributed by atoms with Crippen LogP contribution >= 0.6 is 0 Å². The first-order valence-electron chi connectivity index (χ1n) is 5.11. The minimum Gasteiger partial charge on any atom is -0.463 e. The number of β-lactam (4-membered cyclic amide) rings is 1. The molecule has 0 radical (unpaired) electrons. The minimum absolute atomic E-state index is 0.167. The van der Waals surface area contributed by atoms with E-state index < -0.39 is 34.3 Å². The normalized spacial score (nSPS) is 24.8. The SMILES string of the molecule is CCOC(=O)C=C(C)[C@H]1[C@@H](N)C(=O)N1S(=O)(=O)O. The second kappa shape index (κ2) is 5.04. The van der Waals surface area contributed by atoms with Crippen molar-refractivity contribution in [1.29, 1.82) is 0 Å². The smallest absolute Gasteiger partial charge is 0.362 e. The third-order valence-electron chi connectivity index (χ3n) is 2.44. The van der Waals surface area contributed by atoms with Gasteiger partial charge in [-0.25, -0.2) is 9.10 Å². The van der Waals surface area contributed by atoms with Crippen molar-refractivity contribution in [2.45, 2.75) is 25.9 Å². The Balaban J connectivity index is 2.95. The van der Waals surface area contributed by atoms with Crippen LogP contribution in [0, 0.1) is 0 Å². The van der Waals surface area contributed by atoms with Gasteiger partial charge in [0.15, 0.2) is 0 Å². The Kier molecular flexibility index (Phi) is 4.09. The van der Waals surface area contributed by atoms with Crippen LogP contribution in [0.2, 0.25) is 0 Å². The number of rotatable bonds is 4. The van der Waals surface area contributed by atoms with Crippen molar-refractivity contribution >= 4 is 22.2 Å². The fraction of sp³-hybridized carbons (Fsp3) is 0.556. The summed E-state index contributed by atoms with van der Waals surface area (Å²) in [4.78, 5) is 22.4. The molecule has 0 spiro atoms. The van der Waals surface area contributed by atoms with E-state index in [1.165, 1.54) is 6.92 Å². The van der Waals surface area contributed by atoms with Gasteiger partial charge in [-0.1, -0.05) is 0 Å². The van der Waals surface area contributed by atoms with E-state index in [1.54, 1.807) is 6.92 Å². The van der Waals surface area contributed by atoms with Crippen LogP contribution in [0.25, 0.3) is 0 Å². The second-order valence-electron chi connectivity index (χ2n) is 3.72. The number of amides is 1. The number of esters is 1. The van der Waals surface area contributed by atoms with Gasteiger partial charge < -0.3 is 10.5 Å². The molecule has 1 amide bonds. The summed E-state index contributed by atoms with van der Waals surface area (Å²) in [6, 6.07) is -2.16. The lowest BCUT2D eigenvalue weighted by molar-refractivity contribution is -0.140. The Bertz CT molecular complexity index is 497. The Morgan fingerprint density at radius 1 is 1.61 bits per heavy atom. The summed E-state index contributed by atoms with van der Waals surface area (Å²) >= 11 is 0. The molecular formula is C9H14N2O6S. The van der Waals surface area contributed by atoms with Crippen LogP contribution in [0.15, 0.2) is 11.6 Å². The van der Waals surface area contributed by atoms with E-state index >= 15 is 0 Å². The second-order valence-corrected chi connectivity index (χ2v) is 5.01. The average Bonchev–Trinajstić information content (AvgIpc) is 2.22. The summed E-state index contributed by atoms with van der Waals surface area (Å²) in [5, 5.41) is 0. The highest BCUT2D eigenvalue weighted by Gasteiger charge is 2.52. The van der Waals surface area contributed by atoms with Gasteiger partial charge in [-0.3, -0.25) is 9.35 Å². The summed E-state index contributed by atoms with van der Waals surface area (Å²) in [6.07, 6.45) is 1.04. The summed E-state index contributed by atoms with van der Waals surface area (Å²) in [6.45, 7) is 3.20. The molecule has 0 saturated carbocycles. The number of carbonyl (C=O) groups excluding carboxylic acids is 2. The zero-order valence-corrected chi connectivity index (χ0v) is 10.7. The van der Waals surface area contributed by atoms with E-state index in [9.17, 15) is 18.0 Å². The summed E-state index contributed by atoms with van der Waals surface area (Å²) in [5.74, 6) is -1.59. The monoisotopic (exact) mass is 278 g/mol.